The summed E-state index contributed by atoms with van der Waals surface area (Å²) in [5.74, 6) is -2.35. The summed E-state index contributed by atoms with van der Waals surface area (Å²) in [4.78, 5) is 34.9. The number of nitrogens with zero attached hydrogens (tertiary/aromatic N) is 1. The normalized spacial score (nSPS) is 21.7. The van der Waals surface area contributed by atoms with Crippen molar-refractivity contribution >= 4 is 41.3 Å². The van der Waals surface area contributed by atoms with E-state index in [0.717, 1.165) is 38.3 Å². The van der Waals surface area contributed by atoms with Gasteiger partial charge in [-0.25, -0.2) is 5.43 Å². The van der Waals surface area contributed by atoms with Gasteiger partial charge in [-0.05, 0) is 25.1 Å². The van der Waals surface area contributed by atoms with Crippen molar-refractivity contribution in [3.63, 3.8) is 0 Å². The third-order valence-electron chi connectivity index (χ3n) is 3.41. The second-order valence-electron chi connectivity index (χ2n) is 4.87. The summed E-state index contributed by atoms with van der Waals surface area (Å²) < 4.78 is 0. The Bertz CT molecular complexity index is 451. The van der Waals surface area contributed by atoms with Crippen molar-refractivity contribution in [1.82, 2.24) is 16.1 Å². The molecule has 108 valence electrons. The zero-order valence-corrected chi connectivity index (χ0v) is 11.7. The van der Waals surface area contributed by atoms with E-state index in [-0.39, 0.29) is 16.9 Å². The lowest BCUT2D eigenvalue weighted by Gasteiger charge is -2.20. The molecule has 0 spiro atoms. The Morgan fingerprint density at radius 3 is 2.40 bits per heavy atom. The van der Waals surface area contributed by atoms with Gasteiger partial charge in [-0.2, -0.15) is 5.10 Å². The van der Waals surface area contributed by atoms with Crippen molar-refractivity contribution < 1.29 is 14.4 Å². The Labute approximate surface area is 121 Å². The highest BCUT2D eigenvalue weighted by atomic mass is 32.1. The molecule has 1 saturated heterocycles. The smallest absolute Gasteiger partial charge is 0.244 e. The summed E-state index contributed by atoms with van der Waals surface area (Å²) in [6, 6.07) is 0. The molecular formula is C12H16N4O3S. The second-order valence-corrected chi connectivity index (χ2v) is 5.28. The summed E-state index contributed by atoms with van der Waals surface area (Å²) in [7, 11) is 0. The molecule has 0 aromatic heterocycles. The van der Waals surface area contributed by atoms with E-state index in [1.807, 2.05) is 0 Å². The Morgan fingerprint density at radius 1 is 1.20 bits per heavy atom. The number of hydrogen-bond donors (Lipinski definition) is 3. The largest absolute Gasteiger partial charge is 0.302 e. The van der Waals surface area contributed by atoms with Gasteiger partial charge in [0.1, 0.15) is 0 Å². The van der Waals surface area contributed by atoms with Crippen molar-refractivity contribution in [3.8, 4) is 0 Å². The van der Waals surface area contributed by atoms with Gasteiger partial charge in [0, 0.05) is 12.1 Å². The molecule has 0 radical (unpaired) electrons. The fourth-order valence-corrected chi connectivity index (χ4v) is 2.50. The Balaban J connectivity index is 1.86. The average molecular weight is 296 g/mol. The van der Waals surface area contributed by atoms with Crippen LogP contribution in [-0.4, -0.2) is 29.0 Å². The fraction of sp³-hybridized carbons (Fsp3) is 0.583. The molecule has 2 rings (SSSR count). The van der Waals surface area contributed by atoms with E-state index < -0.39 is 17.7 Å². The van der Waals surface area contributed by atoms with Gasteiger partial charge < -0.3 is 10.6 Å². The zero-order chi connectivity index (χ0) is 14.5. The van der Waals surface area contributed by atoms with Crippen molar-refractivity contribution in [2.24, 2.45) is 16.9 Å². The molecular weight excluding hydrogens is 280 g/mol. The molecule has 0 atom stereocenters. The number of hydrogen-bond acceptors (Lipinski definition) is 5. The first kappa shape index (κ1) is 14.6. The van der Waals surface area contributed by atoms with Crippen molar-refractivity contribution in [3.05, 3.63) is 0 Å². The molecule has 7 nitrogen and oxygen atoms in total. The van der Waals surface area contributed by atoms with Gasteiger partial charge in [0.2, 0.25) is 17.7 Å². The SMILES string of the molecule is O=C(NN=CC1C(=O)NC(=S)NC1=O)C1CCCCC1. The summed E-state index contributed by atoms with van der Waals surface area (Å²) in [6.45, 7) is 0. The molecule has 0 aromatic carbocycles. The molecule has 1 aliphatic heterocycles. The highest BCUT2D eigenvalue weighted by Gasteiger charge is 2.31. The number of hydrazone groups is 1. The van der Waals surface area contributed by atoms with E-state index in [0.29, 0.717) is 0 Å². The molecule has 0 unspecified atom stereocenters. The fourth-order valence-electron chi connectivity index (χ4n) is 2.30. The monoisotopic (exact) mass is 296 g/mol. The van der Waals surface area contributed by atoms with E-state index in [1.54, 1.807) is 0 Å². The average Bonchev–Trinajstić information content (AvgIpc) is 2.42. The Kier molecular flexibility index (Phi) is 4.78. The third-order valence-corrected chi connectivity index (χ3v) is 3.62. The predicted octanol–water partition coefficient (Wildman–Crippen LogP) is -0.184. The van der Waals surface area contributed by atoms with Crippen LogP contribution in [0.5, 0.6) is 0 Å². The molecule has 8 heteroatoms. The molecule has 1 heterocycles. The summed E-state index contributed by atoms with van der Waals surface area (Å²) >= 11 is 4.67. The van der Waals surface area contributed by atoms with Crippen LogP contribution in [0.15, 0.2) is 5.10 Å². The molecule has 3 N–H and O–H groups in total. The lowest BCUT2D eigenvalue weighted by Crippen LogP contribution is -2.56. The van der Waals surface area contributed by atoms with Gasteiger partial charge in [-0.15, -0.1) is 0 Å². The minimum atomic E-state index is -1.08. The van der Waals surface area contributed by atoms with E-state index in [2.05, 4.69) is 33.4 Å². The lowest BCUT2D eigenvalue weighted by molar-refractivity contribution is -0.132. The van der Waals surface area contributed by atoms with Crippen LogP contribution in [0.25, 0.3) is 0 Å². The second kappa shape index (κ2) is 6.56. The number of rotatable bonds is 3. The van der Waals surface area contributed by atoms with Crippen LogP contribution < -0.4 is 16.1 Å². The van der Waals surface area contributed by atoms with Crippen LogP contribution in [0.1, 0.15) is 32.1 Å². The maximum absolute atomic E-state index is 11.8. The van der Waals surface area contributed by atoms with Gasteiger partial charge in [0.15, 0.2) is 11.0 Å². The van der Waals surface area contributed by atoms with Crippen molar-refractivity contribution in [2.45, 2.75) is 32.1 Å². The van der Waals surface area contributed by atoms with Crippen LogP contribution >= 0.6 is 12.2 Å². The Morgan fingerprint density at radius 2 is 1.80 bits per heavy atom. The highest BCUT2D eigenvalue weighted by Crippen LogP contribution is 2.23. The topological polar surface area (TPSA) is 99.7 Å². The zero-order valence-electron chi connectivity index (χ0n) is 10.8. The maximum Gasteiger partial charge on any atom is 0.244 e. The number of nitrogens with one attached hydrogen (secondary N) is 3. The van der Waals surface area contributed by atoms with Crippen LogP contribution in [0.4, 0.5) is 0 Å². The highest BCUT2D eigenvalue weighted by molar-refractivity contribution is 7.80. The van der Waals surface area contributed by atoms with Crippen LogP contribution in [-0.2, 0) is 14.4 Å². The summed E-state index contributed by atoms with van der Waals surface area (Å²) in [5.41, 5.74) is 2.39. The number of thiocarbonyl (C=S) groups is 1. The summed E-state index contributed by atoms with van der Waals surface area (Å²) in [6.07, 6.45) is 6.10. The van der Waals surface area contributed by atoms with Gasteiger partial charge in [-0.1, -0.05) is 19.3 Å². The lowest BCUT2D eigenvalue weighted by atomic mass is 9.89. The minimum Gasteiger partial charge on any atom is -0.302 e. The van der Waals surface area contributed by atoms with Crippen LogP contribution in [0.3, 0.4) is 0 Å². The summed E-state index contributed by atoms with van der Waals surface area (Å²) in [5, 5.41) is 8.32. The molecule has 0 aromatic rings. The van der Waals surface area contributed by atoms with E-state index in [1.165, 1.54) is 0 Å². The molecule has 20 heavy (non-hydrogen) atoms. The number of carbonyl (C=O) groups is 3. The quantitative estimate of drug-likeness (QED) is 0.291. The van der Waals surface area contributed by atoms with Gasteiger partial charge in [-0.3, -0.25) is 14.4 Å². The van der Waals surface area contributed by atoms with Gasteiger partial charge >= 0.3 is 0 Å². The maximum atomic E-state index is 11.8. The molecule has 3 amide bonds. The first-order valence-electron chi connectivity index (χ1n) is 6.56. The Hall–Kier alpha value is -1.83. The molecule has 2 aliphatic rings. The van der Waals surface area contributed by atoms with Crippen molar-refractivity contribution in [1.29, 1.82) is 0 Å². The molecule has 2 fully saturated rings. The number of carbonyl (C=O) groups excluding carboxylic acids is 3. The molecule has 1 saturated carbocycles. The van der Waals surface area contributed by atoms with Crippen LogP contribution in [0.2, 0.25) is 0 Å². The van der Waals surface area contributed by atoms with E-state index in [4.69, 9.17) is 0 Å². The first-order chi connectivity index (χ1) is 9.58. The van der Waals surface area contributed by atoms with Gasteiger partial charge in [0.25, 0.3) is 0 Å². The number of amides is 3. The van der Waals surface area contributed by atoms with Gasteiger partial charge in [0.05, 0.1) is 0 Å². The minimum absolute atomic E-state index is 0.0177. The molecule has 1 aliphatic carbocycles. The van der Waals surface area contributed by atoms with Crippen molar-refractivity contribution in [2.75, 3.05) is 0 Å². The standard InChI is InChI=1S/C12H16N4O3S/c17-9(7-4-2-1-3-5-7)16-13-6-8-10(18)14-12(20)15-11(8)19/h6-8H,1-5H2,(H,16,17)(H2,14,15,18,19,20). The predicted molar refractivity (Wildman–Crippen MR) is 75.6 cm³/mol. The molecule has 0 bridgehead atoms. The first-order valence-corrected chi connectivity index (χ1v) is 6.97. The van der Waals surface area contributed by atoms with Crippen LogP contribution in [0, 0.1) is 11.8 Å². The van der Waals surface area contributed by atoms with E-state index in [9.17, 15) is 14.4 Å². The van der Waals surface area contributed by atoms with E-state index >= 15 is 0 Å². The third kappa shape index (κ3) is 3.60.